The lowest BCUT2D eigenvalue weighted by atomic mass is 10.1. The van der Waals surface area contributed by atoms with E-state index in [1.807, 2.05) is 25.1 Å². The predicted octanol–water partition coefficient (Wildman–Crippen LogP) is 1.75. The van der Waals surface area contributed by atoms with Crippen molar-refractivity contribution in [1.29, 1.82) is 0 Å². The highest BCUT2D eigenvalue weighted by Gasteiger charge is 2.12. The van der Waals surface area contributed by atoms with Crippen LogP contribution in [0.1, 0.15) is 37.0 Å². The van der Waals surface area contributed by atoms with Crippen molar-refractivity contribution in [3.63, 3.8) is 0 Å². The van der Waals surface area contributed by atoms with E-state index in [4.69, 9.17) is 4.52 Å². The second-order valence-electron chi connectivity index (χ2n) is 5.43. The highest BCUT2D eigenvalue weighted by atomic mass is 127. The van der Waals surface area contributed by atoms with E-state index in [-0.39, 0.29) is 24.0 Å². The van der Waals surface area contributed by atoms with E-state index in [0.717, 1.165) is 23.2 Å². The van der Waals surface area contributed by atoms with Crippen LogP contribution in [0, 0.1) is 0 Å². The van der Waals surface area contributed by atoms with Gasteiger partial charge in [0.15, 0.2) is 11.7 Å². The molecule has 0 spiro atoms. The third kappa shape index (κ3) is 5.19. The molecule has 0 aliphatic rings. The van der Waals surface area contributed by atoms with Crippen LogP contribution in [0.2, 0.25) is 0 Å². The van der Waals surface area contributed by atoms with Gasteiger partial charge in [0, 0.05) is 27.2 Å². The fourth-order valence-corrected chi connectivity index (χ4v) is 1.99. The molecular formula is C14H24IN7O. The lowest BCUT2D eigenvalue weighted by Gasteiger charge is -2.20. The van der Waals surface area contributed by atoms with Crippen LogP contribution in [0.5, 0.6) is 0 Å². The van der Waals surface area contributed by atoms with Crippen LogP contribution in [-0.2, 0) is 20.1 Å². The van der Waals surface area contributed by atoms with Gasteiger partial charge in [0.05, 0.1) is 18.8 Å². The monoisotopic (exact) mass is 433 g/mol. The average molecular weight is 433 g/mol. The molecule has 0 saturated carbocycles. The lowest BCUT2D eigenvalue weighted by Crippen LogP contribution is -2.38. The molecule has 8 nitrogen and oxygen atoms in total. The van der Waals surface area contributed by atoms with E-state index in [2.05, 4.69) is 39.4 Å². The van der Waals surface area contributed by atoms with Gasteiger partial charge in [-0.05, 0) is 5.92 Å². The van der Waals surface area contributed by atoms with Gasteiger partial charge >= 0.3 is 0 Å². The number of aromatic nitrogens is 4. The number of halogens is 1. The quantitative estimate of drug-likeness (QED) is 0.440. The van der Waals surface area contributed by atoms with Crippen molar-refractivity contribution in [3.8, 4) is 0 Å². The van der Waals surface area contributed by atoms with Gasteiger partial charge in [-0.15, -0.1) is 24.0 Å². The molecule has 0 aromatic carbocycles. The zero-order valence-electron chi connectivity index (χ0n) is 14.1. The van der Waals surface area contributed by atoms with Crippen LogP contribution < -0.4 is 5.32 Å². The van der Waals surface area contributed by atoms with Gasteiger partial charge in [0.2, 0.25) is 0 Å². The molecule has 0 bridgehead atoms. The molecule has 0 saturated heterocycles. The van der Waals surface area contributed by atoms with Crippen molar-refractivity contribution in [2.24, 2.45) is 12.0 Å². The summed E-state index contributed by atoms with van der Waals surface area (Å²) in [5, 5.41) is 11.4. The molecule has 2 heterocycles. The van der Waals surface area contributed by atoms with Gasteiger partial charge in [-0.2, -0.15) is 5.10 Å². The maximum atomic E-state index is 5.31. The molecule has 2 aromatic rings. The normalized spacial score (nSPS) is 11.5. The number of rotatable bonds is 5. The number of guanidine groups is 1. The van der Waals surface area contributed by atoms with Gasteiger partial charge < -0.3 is 14.7 Å². The SMILES string of the molecule is CN=C(NCc1cc(C(C)C)no1)N(C)Cc1ncnn1C.I. The molecule has 0 aliphatic heterocycles. The Kier molecular flexibility index (Phi) is 7.46. The van der Waals surface area contributed by atoms with E-state index >= 15 is 0 Å². The number of aliphatic imine (C=N–C) groups is 1. The maximum Gasteiger partial charge on any atom is 0.194 e. The minimum Gasteiger partial charge on any atom is -0.359 e. The Morgan fingerprint density at radius 3 is 2.74 bits per heavy atom. The molecule has 1 N–H and O–H groups in total. The van der Waals surface area contributed by atoms with Crippen LogP contribution in [0.4, 0.5) is 0 Å². The molecule has 0 amide bonds. The van der Waals surface area contributed by atoms with Crippen LogP contribution in [0.15, 0.2) is 21.9 Å². The molecule has 128 valence electrons. The standard InChI is InChI=1S/C14H23N7O.HI/c1-10(2)12-6-11(22-19-12)7-16-14(15-3)20(4)8-13-17-9-18-21(13)5;/h6,9-10H,7-8H2,1-5H3,(H,15,16);1H. The van der Waals surface area contributed by atoms with Crippen LogP contribution in [0.25, 0.3) is 0 Å². The summed E-state index contributed by atoms with van der Waals surface area (Å²) in [6, 6.07) is 1.97. The largest absolute Gasteiger partial charge is 0.359 e. The highest BCUT2D eigenvalue weighted by molar-refractivity contribution is 14.0. The lowest BCUT2D eigenvalue weighted by molar-refractivity contribution is 0.368. The summed E-state index contributed by atoms with van der Waals surface area (Å²) >= 11 is 0. The van der Waals surface area contributed by atoms with E-state index < -0.39 is 0 Å². The molecule has 0 fully saturated rings. The number of nitrogens with zero attached hydrogens (tertiary/aromatic N) is 6. The van der Waals surface area contributed by atoms with Crippen molar-refractivity contribution in [1.82, 2.24) is 30.1 Å². The summed E-state index contributed by atoms with van der Waals surface area (Å²) in [5.74, 6) is 2.77. The second-order valence-corrected chi connectivity index (χ2v) is 5.43. The van der Waals surface area contributed by atoms with Crippen molar-refractivity contribution < 1.29 is 4.52 Å². The molecule has 0 aliphatic carbocycles. The minimum absolute atomic E-state index is 0. The number of aryl methyl sites for hydroxylation is 1. The zero-order valence-corrected chi connectivity index (χ0v) is 16.5. The average Bonchev–Trinajstić information content (AvgIpc) is 3.10. The molecule has 0 radical (unpaired) electrons. The van der Waals surface area contributed by atoms with Gasteiger partial charge in [0.1, 0.15) is 12.2 Å². The molecule has 23 heavy (non-hydrogen) atoms. The van der Waals surface area contributed by atoms with Crippen molar-refractivity contribution >= 4 is 29.9 Å². The van der Waals surface area contributed by atoms with Crippen molar-refractivity contribution in [2.45, 2.75) is 32.9 Å². The Labute approximate surface area is 153 Å². The first-order valence-corrected chi connectivity index (χ1v) is 7.21. The van der Waals surface area contributed by atoms with Crippen molar-refractivity contribution in [3.05, 3.63) is 29.7 Å². The van der Waals surface area contributed by atoms with Gasteiger partial charge in [-0.3, -0.25) is 9.67 Å². The second kappa shape index (κ2) is 8.85. The Morgan fingerprint density at radius 2 is 2.22 bits per heavy atom. The summed E-state index contributed by atoms with van der Waals surface area (Å²) in [6.45, 7) is 5.32. The van der Waals surface area contributed by atoms with Crippen LogP contribution >= 0.6 is 24.0 Å². The molecule has 2 rings (SSSR count). The Bertz CT molecular complexity index is 635. The topological polar surface area (TPSA) is 84.4 Å². The summed E-state index contributed by atoms with van der Waals surface area (Å²) < 4.78 is 7.06. The molecule has 9 heteroatoms. The molecule has 0 atom stereocenters. The van der Waals surface area contributed by atoms with Crippen molar-refractivity contribution in [2.75, 3.05) is 14.1 Å². The first-order valence-electron chi connectivity index (χ1n) is 7.21. The Balaban J connectivity index is 0.00000264. The Hall–Kier alpha value is -1.65. The van der Waals surface area contributed by atoms with Gasteiger partial charge in [0.25, 0.3) is 0 Å². The first-order chi connectivity index (χ1) is 10.5. The van der Waals surface area contributed by atoms with Gasteiger partial charge in [-0.25, -0.2) is 4.98 Å². The van der Waals surface area contributed by atoms with Gasteiger partial charge in [-0.1, -0.05) is 19.0 Å². The van der Waals surface area contributed by atoms with E-state index in [1.54, 1.807) is 18.1 Å². The molecular weight excluding hydrogens is 409 g/mol. The zero-order chi connectivity index (χ0) is 16.1. The van der Waals surface area contributed by atoms with E-state index in [1.165, 1.54) is 0 Å². The first kappa shape index (κ1) is 19.4. The summed E-state index contributed by atoms with van der Waals surface area (Å²) in [7, 11) is 5.56. The number of nitrogens with one attached hydrogen (secondary N) is 1. The third-order valence-corrected chi connectivity index (χ3v) is 3.35. The van der Waals surface area contributed by atoms with E-state index in [9.17, 15) is 0 Å². The predicted molar refractivity (Wildman–Crippen MR) is 98.7 cm³/mol. The van der Waals surface area contributed by atoms with E-state index in [0.29, 0.717) is 19.0 Å². The minimum atomic E-state index is 0. The van der Waals surface area contributed by atoms with Crippen LogP contribution in [0.3, 0.4) is 0 Å². The molecule has 0 unspecified atom stereocenters. The molecule has 2 aromatic heterocycles. The maximum absolute atomic E-state index is 5.31. The number of hydrogen-bond acceptors (Lipinski definition) is 5. The fraction of sp³-hybridized carbons (Fsp3) is 0.571. The smallest absolute Gasteiger partial charge is 0.194 e. The Morgan fingerprint density at radius 1 is 1.48 bits per heavy atom. The summed E-state index contributed by atoms with van der Waals surface area (Å²) in [6.07, 6.45) is 1.54. The fourth-order valence-electron chi connectivity index (χ4n) is 1.99. The van der Waals surface area contributed by atoms with Crippen LogP contribution in [-0.4, -0.2) is 44.9 Å². The number of hydrogen-bond donors (Lipinski definition) is 1. The third-order valence-electron chi connectivity index (χ3n) is 3.35. The highest BCUT2D eigenvalue weighted by Crippen LogP contribution is 2.13. The summed E-state index contributed by atoms with van der Waals surface area (Å²) in [4.78, 5) is 10.5. The summed E-state index contributed by atoms with van der Waals surface area (Å²) in [5.41, 5.74) is 0.958.